The first-order valence-electron chi connectivity index (χ1n) is 4.53. The van der Waals surface area contributed by atoms with E-state index >= 15 is 0 Å². The van der Waals surface area contributed by atoms with E-state index in [9.17, 15) is 0 Å². The molecule has 0 rings (SSSR count). The van der Waals surface area contributed by atoms with Gasteiger partial charge in [0.05, 0.1) is 0 Å². The van der Waals surface area contributed by atoms with Crippen LogP contribution < -0.4 is 0 Å². The lowest BCUT2D eigenvalue weighted by atomic mass is 10.1. The third-order valence-corrected chi connectivity index (χ3v) is 2.01. The molecule has 1 N–H and O–H groups in total. The molecule has 1 unspecified atom stereocenters. The molecule has 2 heteroatoms. The molecule has 0 amide bonds. The summed E-state index contributed by atoms with van der Waals surface area (Å²) in [5, 5.41) is 8.92. The van der Waals surface area contributed by atoms with Gasteiger partial charge in [0.1, 0.15) is 0 Å². The Kier molecular flexibility index (Phi) is 6.57. The largest absolute Gasteiger partial charge is 0.396 e. The Balaban J connectivity index is 3.44. The maximum absolute atomic E-state index is 8.92. The van der Waals surface area contributed by atoms with Crippen LogP contribution >= 0.6 is 0 Å². The Morgan fingerprint density at radius 1 is 1.36 bits per heavy atom. The maximum atomic E-state index is 8.92. The van der Waals surface area contributed by atoms with E-state index in [1.807, 2.05) is 0 Å². The van der Waals surface area contributed by atoms with Gasteiger partial charge in [-0.25, -0.2) is 0 Å². The summed E-state index contributed by atoms with van der Waals surface area (Å²) in [4.78, 5) is 2.28. The van der Waals surface area contributed by atoms with Gasteiger partial charge in [-0.05, 0) is 32.4 Å². The first kappa shape index (κ1) is 10.9. The second-order valence-corrected chi connectivity index (χ2v) is 3.22. The van der Waals surface area contributed by atoms with E-state index in [4.69, 9.17) is 5.11 Å². The van der Waals surface area contributed by atoms with E-state index in [0.29, 0.717) is 12.5 Å². The molecule has 1 atom stereocenters. The fourth-order valence-corrected chi connectivity index (χ4v) is 1.23. The molecule has 0 heterocycles. The van der Waals surface area contributed by atoms with Crippen LogP contribution in [-0.4, -0.2) is 36.8 Å². The van der Waals surface area contributed by atoms with Crippen LogP contribution in [0.2, 0.25) is 0 Å². The van der Waals surface area contributed by atoms with Crippen LogP contribution in [0.4, 0.5) is 0 Å². The van der Waals surface area contributed by atoms with Gasteiger partial charge in [-0.15, -0.1) is 0 Å². The van der Waals surface area contributed by atoms with E-state index < -0.39 is 0 Å². The molecule has 0 aromatic rings. The molecule has 0 aliphatic carbocycles. The Morgan fingerprint density at radius 3 is 2.36 bits per heavy atom. The molecular weight excluding hydrogens is 138 g/mol. The molecule has 0 aromatic carbocycles. The van der Waals surface area contributed by atoms with Crippen LogP contribution in [0.15, 0.2) is 0 Å². The first-order chi connectivity index (χ1) is 5.24. The van der Waals surface area contributed by atoms with Crippen molar-refractivity contribution < 1.29 is 5.11 Å². The second kappa shape index (κ2) is 6.62. The molecule has 0 saturated heterocycles. The summed E-state index contributed by atoms with van der Waals surface area (Å²) in [6, 6.07) is 0. The SMILES string of the molecule is CCCN(C)CC(CC)CO. The molecule has 0 saturated carbocycles. The Hall–Kier alpha value is -0.0800. The van der Waals surface area contributed by atoms with E-state index in [-0.39, 0.29) is 0 Å². The van der Waals surface area contributed by atoms with Gasteiger partial charge in [0, 0.05) is 13.2 Å². The predicted molar refractivity (Wildman–Crippen MR) is 48.7 cm³/mol. The molecule has 0 radical (unpaired) electrons. The summed E-state index contributed by atoms with van der Waals surface area (Å²) < 4.78 is 0. The summed E-state index contributed by atoms with van der Waals surface area (Å²) >= 11 is 0. The molecule has 2 nitrogen and oxygen atoms in total. The molecule has 0 spiro atoms. The number of rotatable bonds is 6. The van der Waals surface area contributed by atoms with Gasteiger partial charge in [-0.1, -0.05) is 13.8 Å². The van der Waals surface area contributed by atoms with E-state index in [0.717, 1.165) is 19.5 Å². The zero-order valence-corrected chi connectivity index (χ0v) is 8.01. The zero-order valence-electron chi connectivity index (χ0n) is 8.01. The average molecular weight is 159 g/mol. The molecule has 68 valence electrons. The number of nitrogens with zero attached hydrogens (tertiary/aromatic N) is 1. The Morgan fingerprint density at radius 2 is 2.00 bits per heavy atom. The molecule has 0 fully saturated rings. The van der Waals surface area contributed by atoms with Crippen molar-refractivity contribution in [1.82, 2.24) is 4.90 Å². The summed E-state index contributed by atoms with van der Waals surface area (Å²) in [6.45, 7) is 6.79. The molecular formula is C9H21NO. The summed E-state index contributed by atoms with van der Waals surface area (Å²) in [7, 11) is 2.11. The summed E-state index contributed by atoms with van der Waals surface area (Å²) in [6.07, 6.45) is 2.27. The lowest BCUT2D eigenvalue weighted by molar-refractivity contribution is 0.176. The van der Waals surface area contributed by atoms with Crippen LogP contribution in [0.25, 0.3) is 0 Å². The number of aliphatic hydroxyl groups excluding tert-OH is 1. The standard InChI is InChI=1S/C9H21NO/c1-4-6-10(3)7-9(5-2)8-11/h9,11H,4-8H2,1-3H3. The second-order valence-electron chi connectivity index (χ2n) is 3.22. The zero-order chi connectivity index (χ0) is 8.69. The van der Waals surface area contributed by atoms with Crippen molar-refractivity contribution in [2.75, 3.05) is 26.7 Å². The van der Waals surface area contributed by atoms with Crippen molar-refractivity contribution in [3.63, 3.8) is 0 Å². The highest BCUT2D eigenvalue weighted by Crippen LogP contribution is 2.03. The van der Waals surface area contributed by atoms with Gasteiger partial charge in [0.15, 0.2) is 0 Å². The summed E-state index contributed by atoms with van der Waals surface area (Å²) in [5.41, 5.74) is 0. The highest BCUT2D eigenvalue weighted by atomic mass is 16.3. The monoisotopic (exact) mass is 159 g/mol. The predicted octanol–water partition coefficient (Wildman–Crippen LogP) is 1.35. The van der Waals surface area contributed by atoms with E-state index in [2.05, 4.69) is 25.8 Å². The topological polar surface area (TPSA) is 23.5 Å². The Bertz CT molecular complexity index is 81.6. The maximum Gasteiger partial charge on any atom is 0.0471 e. The van der Waals surface area contributed by atoms with Gasteiger partial charge >= 0.3 is 0 Å². The van der Waals surface area contributed by atoms with Crippen LogP contribution in [0.5, 0.6) is 0 Å². The molecule has 0 aromatic heterocycles. The minimum absolute atomic E-state index is 0.324. The lowest BCUT2D eigenvalue weighted by Gasteiger charge is -2.20. The van der Waals surface area contributed by atoms with Crippen LogP contribution in [0, 0.1) is 5.92 Å². The van der Waals surface area contributed by atoms with Crippen LogP contribution in [0.3, 0.4) is 0 Å². The van der Waals surface area contributed by atoms with Gasteiger partial charge in [-0.3, -0.25) is 0 Å². The smallest absolute Gasteiger partial charge is 0.0471 e. The Labute approximate surface area is 70.2 Å². The third kappa shape index (κ3) is 5.22. The van der Waals surface area contributed by atoms with Gasteiger partial charge in [0.25, 0.3) is 0 Å². The minimum Gasteiger partial charge on any atom is -0.396 e. The molecule has 0 aliphatic heterocycles. The van der Waals surface area contributed by atoms with Crippen molar-refractivity contribution in [3.05, 3.63) is 0 Å². The highest BCUT2D eigenvalue weighted by molar-refractivity contribution is 4.60. The van der Waals surface area contributed by atoms with Gasteiger partial charge < -0.3 is 10.0 Å². The molecule has 11 heavy (non-hydrogen) atoms. The number of aliphatic hydroxyl groups is 1. The molecule has 0 aliphatic rings. The van der Waals surface area contributed by atoms with Crippen molar-refractivity contribution in [2.45, 2.75) is 26.7 Å². The first-order valence-corrected chi connectivity index (χ1v) is 4.53. The van der Waals surface area contributed by atoms with Crippen molar-refractivity contribution >= 4 is 0 Å². The van der Waals surface area contributed by atoms with Crippen LogP contribution in [-0.2, 0) is 0 Å². The number of hydrogen-bond donors (Lipinski definition) is 1. The third-order valence-electron chi connectivity index (χ3n) is 2.01. The van der Waals surface area contributed by atoms with Crippen molar-refractivity contribution in [1.29, 1.82) is 0 Å². The average Bonchev–Trinajstić information content (AvgIpc) is 2.01. The fourth-order valence-electron chi connectivity index (χ4n) is 1.23. The van der Waals surface area contributed by atoms with Gasteiger partial charge in [0.2, 0.25) is 0 Å². The van der Waals surface area contributed by atoms with Crippen LogP contribution in [0.1, 0.15) is 26.7 Å². The lowest BCUT2D eigenvalue weighted by Crippen LogP contribution is -2.27. The molecule has 0 bridgehead atoms. The minimum atomic E-state index is 0.324. The van der Waals surface area contributed by atoms with E-state index in [1.165, 1.54) is 6.42 Å². The van der Waals surface area contributed by atoms with Gasteiger partial charge in [-0.2, -0.15) is 0 Å². The highest BCUT2D eigenvalue weighted by Gasteiger charge is 2.06. The quantitative estimate of drug-likeness (QED) is 0.632. The number of hydrogen-bond acceptors (Lipinski definition) is 2. The van der Waals surface area contributed by atoms with E-state index in [1.54, 1.807) is 0 Å². The normalized spacial score (nSPS) is 13.9. The fraction of sp³-hybridized carbons (Fsp3) is 1.00. The summed E-state index contributed by atoms with van der Waals surface area (Å²) in [5.74, 6) is 0.464. The van der Waals surface area contributed by atoms with Crippen molar-refractivity contribution in [3.8, 4) is 0 Å². The van der Waals surface area contributed by atoms with Crippen molar-refractivity contribution in [2.24, 2.45) is 5.92 Å².